The Morgan fingerprint density at radius 1 is 1.18 bits per heavy atom. The number of carboxylic acids is 1. The molecule has 0 aromatic heterocycles. The Labute approximate surface area is 126 Å². The number of primary amides is 1. The maximum atomic E-state index is 11.9. The van der Waals surface area contributed by atoms with Crippen molar-refractivity contribution in [3.05, 3.63) is 29.8 Å². The monoisotopic (exact) mass is 329 g/mol. The number of sulfonamides is 1. The minimum Gasteiger partial charge on any atom is -0.480 e. The highest BCUT2D eigenvalue weighted by atomic mass is 32.2. The SMILES string of the molecule is NC(=O)CCC(NC(=O)c1ccc(S(N)(=O)=O)cc1)C(=O)O. The third-order valence-corrected chi connectivity index (χ3v) is 3.66. The predicted molar refractivity (Wildman–Crippen MR) is 75.1 cm³/mol. The summed E-state index contributed by atoms with van der Waals surface area (Å²) in [6.45, 7) is 0. The van der Waals surface area contributed by atoms with Crippen LogP contribution in [0.4, 0.5) is 0 Å². The lowest BCUT2D eigenvalue weighted by Gasteiger charge is -2.13. The molecule has 1 aromatic rings. The van der Waals surface area contributed by atoms with Gasteiger partial charge in [-0.1, -0.05) is 0 Å². The summed E-state index contributed by atoms with van der Waals surface area (Å²) in [5.41, 5.74) is 4.98. The normalized spacial score (nSPS) is 12.4. The third kappa shape index (κ3) is 5.14. The number of aliphatic carboxylic acids is 1. The molecule has 0 aliphatic heterocycles. The van der Waals surface area contributed by atoms with E-state index in [9.17, 15) is 22.8 Å². The number of carboxylic acid groups (broad SMARTS) is 1. The molecule has 9 nitrogen and oxygen atoms in total. The fraction of sp³-hybridized carbons (Fsp3) is 0.250. The lowest BCUT2D eigenvalue weighted by molar-refractivity contribution is -0.139. The molecule has 1 aromatic carbocycles. The number of hydrogen-bond acceptors (Lipinski definition) is 5. The van der Waals surface area contributed by atoms with E-state index in [0.717, 1.165) is 12.1 Å². The molecule has 10 heteroatoms. The van der Waals surface area contributed by atoms with Gasteiger partial charge in [-0.05, 0) is 30.7 Å². The minimum absolute atomic E-state index is 0.0534. The van der Waals surface area contributed by atoms with Crippen molar-refractivity contribution in [1.82, 2.24) is 5.32 Å². The highest BCUT2D eigenvalue weighted by Crippen LogP contribution is 2.09. The first-order valence-corrected chi connectivity index (χ1v) is 7.60. The van der Waals surface area contributed by atoms with Crippen LogP contribution in [0, 0.1) is 0 Å². The number of hydrogen-bond donors (Lipinski definition) is 4. The third-order valence-electron chi connectivity index (χ3n) is 2.73. The fourth-order valence-corrected chi connectivity index (χ4v) is 2.10. The van der Waals surface area contributed by atoms with Crippen molar-refractivity contribution in [2.45, 2.75) is 23.8 Å². The summed E-state index contributed by atoms with van der Waals surface area (Å²) in [6.07, 6.45) is -0.340. The minimum atomic E-state index is -3.88. The highest BCUT2D eigenvalue weighted by molar-refractivity contribution is 7.89. The summed E-state index contributed by atoms with van der Waals surface area (Å²) in [5, 5.41) is 16.1. The van der Waals surface area contributed by atoms with Gasteiger partial charge in [0, 0.05) is 12.0 Å². The Kier molecular flexibility index (Phi) is 5.60. The van der Waals surface area contributed by atoms with E-state index >= 15 is 0 Å². The van der Waals surface area contributed by atoms with Crippen molar-refractivity contribution in [1.29, 1.82) is 0 Å². The van der Waals surface area contributed by atoms with E-state index in [-0.39, 0.29) is 23.3 Å². The predicted octanol–water partition coefficient (Wildman–Crippen LogP) is -1.22. The van der Waals surface area contributed by atoms with Crippen LogP contribution in [0.25, 0.3) is 0 Å². The van der Waals surface area contributed by atoms with Crippen molar-refractivity contribution in [3.8, 4) is 0 Å². The molecule has 120 valence electrons. The van der Waals surface area contributed by atoms with Crippen molar-refractivity contribution >= 4 is 27.8 Å². The van der Waals surface area contributed by atoms with Crippen LogP contribution in [-0.4, -0.2) is 37.3 Å². The Morgan fingerprint density at radius 2 is 1.73 bits per heavy atom. The summed E-state index contributed by atoms with van der Waals surface area (Å²) in [4.78, 5) is 33.4. The Hall–Kier alpha value is -2.46. The number of rotatable bonds is 7. The first kappa shape index (κ1) is 17.6. The van der Waals surface area contributed by atoms with Crippen molar-refractivity contribution in [2.75, 3.05) is 0 Å². The van der Waals surface area contributed by atoms with Gasteiger partial charge in [-0.2, -0.15) is 0 Å². The molecular weight excluding hydrogens is 314 g/mol. The van der Waals surface area contributed by atoms with Crippen molar-refractivity contribution in [2.24, 2.45) is 10.9 Å². The van der Waals surface area contributed by atoms with Gasteiger partial charge in [0.25, 0.3) is 5.91 Å². The number of carbonyl (C=O) groups is 3. The van der Waals surface area contributed by atoms with E-state index < -0.39 is 33.8 Å². The standard InChI is InChI=1S/C12H15N3O6S/c13-10(16)6-5-9(12(18)19)15-11(17)7-1-3-8(4-2-7)22(14,20)21/h1-4,9H,5-6H2,(H2,13,16)(H,15,17)(H,18,19)(H2,14,20,21). The van der Waals surface area contributed by atoms with E-state index in [1.54, 1.807) is 0 Å². The molecular formula is C12H15N3O6S. The summed E-state index contributed by atoms with van der Waals surface area (Å²) < 4.78 is 22.2. The van der Waals surface area contributed by atoms with Crippen LogP contribution in [0.3, 0.4) is 0 Å². The zero-order chi connectivity index (χ0) is 16.9. The van der Waals surface area contributed by atoms with Gasteiger partial charge in [0.05, 0.1) is 4.90 Å². The lowest BCUT2D eigenvalue weighted by atomic mass is 10.1. The molecule has 22 heavy (non-hydrogen) atoms. The van der Waals surface area contributed by atoms with Crippen LogP contribution >= 0.6 is 0 Å². The number of amides is 2. The van der Waals surface area contributed by atoms with Gasteiger partial charge >= 0.3 is 5.97 Å². The molecule has 6 N–H and O–H groups in total. The molecule has 0 spiro atoms. The first-order chi connectivity index (χ1) is 10.1. The number of benzene rings is 1. The topological polar surface area (TPSA) is 170 Å². The molecule has 0 aliphatic carbocycles. The van der Waals surface area contributed by atoms with E-state index in [0.29, 0.717) is 0 Å². The van der Waals surface area contributed by atoms with Crippen LogP contribution in [0.1, 0.15) is 23.2 Å². The Balaban J connectivity index is 2.82. The molecule has 1 rings (SSSR count). The summed E-state index contributed by atoms with van der Waals surface area (Å²) >= 11 is 0. The van der Waals surface area contributed by atoms with Gasteiger partial charge in [-0.15, -0.1) is 0 Å². The fourth-order valence-electron chi connectivity index (χ4n) is 1.58. The molecule has 0 radical (unpaired) electrons. The van der Waals surface area contributed by atoms with Crippen molar-refractivity contribution < 1.29 is 27.9 Å². The molecule has 0 heterocycles. The van der Waals surface area contributed by atoms with Gasteiger partial charge in [-0.25, -0.2) is 18.4 Å². The maximum absolute atomic E-state index is 11.9. The molecule has 0 bridgehead atoms. The number of carbonyl (C=O) groups excluding carboxylic acids is 2. The van der Waals surface area contributed by atoms with Crippen LogP contribution in [0.15, 0.2) is 29.2 Å². The second-order valence-electron chi connectivity index (χ2n) is 4.44. The van der Waals surface area contributed by atoms with Crippen LogP contribution in [0.5, 0.6) is 0 Å². The maximum Gasteiger partial charge on any atom is 0.326 e. The van der Waals surface area contributed by atoms with Gasteiger partial charge in [0.1, 0.15) is 6.04 Å². The van der Waals surface area contributed by atoms with Gasteiger partial charge in [0.2, 0.25) is 15.9 Å². The molecule has 0 aliphatic rings. The highest BCUT2D eigenvalue weighted by Gasteiger charge is 2.21. The van der Waals surface area contributed by atoms with Crippen molar-refractivity contribution in [3.63, 3.8) is 0 Å². The number of nitrogens with one attached hydrogen (secondary N) is 1. The molecule has 0 saturated carbocycles. The average Bonchev–Trinajstić information content (AvgIpc) is 2.41. The second kappa shape index (κ2) is 7.00. The molecule has 0 saturated heterocycles. The van der Waals surface area contributed by atoms with E-state index in [2.05, 4.69) is 5.32 Å². The van der Waals surface area contributed by atoms with Gasteiger partial charge < -0.3 is 16.2 Å². The quantitative estimate of drug-likeness (QED) is 0.488. The zero-order valence-corrected chi connectivity index (χ0v) is 12.2. The summed E-state index contributed by atoms with van der Waals surface area (Å²) in [5.74, 6) is -2.72. The van der Waals surface area contributed by atoms with Crippen LogP contribution in [0.2, 0.25) is 0 Å². The average molecular weight is 329 g/mol. The summed E-state index contributed by atoms with van der Waals surface area (Å²) in [7, 11) is -3.88. The Bertz CT molecular complexity index is 683. The van der Waals surface area contributed by atoms with E-state index in [1.807, 2.05) is 0 Å². The zero-order valence-electron chi connectivity index (χ0n) is 11.4. The largest absolute Gasteiger partial charge is 0.480 e. The number of nitrogens with two attached hydrogens (primary N) is 2. The first-order valence-electron chi connectivity index (χ1n) is 6.06. The van der Waals surface area contributed by atoms with E-state index in [1.165, 1.54) is 12.1 Å². The number of primary sulfonamides is 1. The van der Waals surface area contributed by atoms with Gasteiger partial charge in [0.15, 0.2) is 0 Å². The molecule has 1 unspecified atom stereocenters. The lowest BCUT2D eigenvalue weighted by Crippen LogP contribution is -2.41. The smallest absolute Gasteiger partial charge is 0.326 e. The van der Waals surface area contributed by atoms with Crippen LogP contribution < -0.4 is 16.2 Å². The molecule has 1 atom stereocenters. The Morgan fingerprint density at radius 3 is 2.14 bits per heavy atom. The van der Waals surface area contributed by atoms with Gasteiger partial charge in [-0.3, -0.25) is 9.59 Å². The molecule has 2 amide bonds. The second-order valence-corrected chi connectivity index (χ2v) is 6.00. The summed E-state index contributed by atoms with van der Waals surface area (Å²) in [6, 6.07) is 3.37. The molecule has 0 fully saturated rings. The van der Waals surface area contributed by atoms with Crippen LogP contribution in [-0.2, 0) is 19.6 Å². The van der Waals surface area contributed by atoms with E-state index in [4.69, 9.17) is 16.0 Å².